The highest BCUT2D eigenvalue weighted by atomic mass is 14.6. The van der Waals surface area contributed by atoms with Crippen molar-refractivity contribution in [3.8, 4) is 0 Å². The Morgan fingerprint density at radius 2 is 2.11 bits per heavy atom. The largest absolute Gasteiger partial charge is 0.103 e. The molecule has 2 aliphatic rings. The van der Waals surface area contributed by atoms with E-state index in [4.69, 9.17) is 0 Å². The summed E-state index contributed by atoms with van der Waals surface area (Å²) in [4.78, 5) is 0. The first-order valence-electron chi connectivity index (χ1n) is 3.92. The molecule has 0 nitrogen and oxygen atoms in total. The summed E-state index contributed by atoms with van der Waals surface area (Å²) in [5.74, 6) is 2.03. The molecule has 0 heteroatoms. The highest BCUT2D eigenvalue weighted by molar-refractivity contribution is 5.15. The Kier molecular flexibility index (Phi) is 0.870. The van der Waals surface area contributed by atoms with Gasteiger partial charge in [-0.2, -0.15) is 0 Å². The Morgan fingerprint density at radius 3 is 2.22 bits per heavy atom. The highest BCUT2D eigenvalue weighted by Gasteiger charge is 2.55. The summed E-state index contributed by atoms with van der Waals surface area (Å²) in [5, 5.41) is 0. The molecule has 2 fully saturated rings. The van der Waals surface area contributed by atoms with Gasteiger partial charge in [-0.3, -0.25) is 0 Å². The van der Waals surface area contributed by atoms with Gasteiger partial charge in [-0.15, -0.1) is 6.58 Å². The van der Waals surface area contributed by atoms with Gasteiger partial charge in [0.1, 0.15) is 0 Å². The molecule has 2 unspecified atom stereocenters. The quantitative estimate of drug-likeness (QED) is 0.494. The maximum atomic E-state index is 3.89. The van der Waals surface area contributed by atoms with Crippen molar-refractivity contribution in [1.29, 1.82) is 0 Å². The third kappa shape index (κ3) is 0.654. The molecule has 2 saturated carbocycles. The van der Waals surface area contributed by atoms with Crippen LogP contribution in [-0.4, -0.2) is 0 Å². The van der Waals surface area contributed by atoms with Gasteiger partial charge in [0, 0.05) is 0 Å². The molecule has 0 heterocycles. The molecule has 0 aromatic heterocycles. The first-order valence-corrected chi connectivity index (χ1v) is 3.92. The van der Waals surface area contributed by atoms with Gasteiger partial charge in [-0.05, 0) is 36.5 Å². The van der Waals surface area contributed by atoms with E-state index in [1.807, 2.05) is 0 Å². The summed E-state index contributed by atoms with van der Waals surface area (Å²) in [7, 11) is 0. The van der Waals surface area contributed by atoms with Gasteiger partial charge >= 0.3 is 0 Å². The van der Waals surface area contributed by atoms with Crippen molar-refractivity contribution in [3.63, 3.8) is 0 Å². The fourth-order valence-corrected chi connectivity index (χ4v) is 1.99. The van der Waals surface area contributed by atoms with E-state index in [-0.39, 0.29) is 0 Å². The van der Waals surface area contributed by atoms with Crippen molar-refractivity contribution < 1.29 is 0 Å². The van der Waals surface area contributed by atoms with Crippen molar-refractivity contribution >= 4 is 0 Å². The minimum absolute atomic E-state index is 0.638. The van der Waals surface area contributed by atoms with Crippen LogP contribution in [0.3, 0.4) is 0 Å². The summed E-state index contributed by atoms with van der Waals surface area (Å²) in [6, 6.07) is 0. The predicted molar refractivity (Wildman–Crippen MR) is 39.1 cm³/mol. The molecule has 0 aromatic carbocycles. The van der Waals surface area contributed by atoms with Crippen molar-refractivity contribution in [1.82, 2.24) is 0 Å². The smallest absolute Gasteiger partial charge is 0.00894 e. The molecule has 50 valence electrons. The Balaban J connectivity index is 2.05. The lowest BCUT2D eigenvalue weighted by molar-refractivity contribution is 0.525. The van der Waals surface area contributed by atoms with Crippen molar-refractivity contribution in [2.75, 3.05) is 0 Å². The van der Waals surface area contributed by atoms with E-state index in [0.717, 1.165) is 11.8 Å². The van der Waals surface area contributed by atoms with Gasteiger partial charge in [0.05, 0.1) is 0 Å². The second kappa shape index (κ2) is 1.42. The van der Waals surface area contributed by atoms with Crippen LogP contribution < -0.4 is 0 Å². The molecule has 0 aromatic rings. The lowest BCUT2D eigenvalue weighted by Gasteiger charge is -2.05. The highest BCUT2D eigenvalue weighted by Crippen LogP contribution is 2.64. The maximum Gasteiger partial charge on any atom is -0.00894 e. The summed E-state index contributed by atoms with van der Waals surface area (Å²) in [6.07, 6.45) is 6.50. The number of hydrogen-bond acceptors (Lipinski definition) is 0. The van der Waals surface area contributed by atoms with E-state index < -0.39 is 0 Å². The van der Waals surface area contributed by atoms with E-state index in [2.05, 4.69) is 19.6 Å². The van der Waals surface area contributed by atoms with Gasteiger partial charge < -0.3 is 0 Å². The molecular weight excluding hydrogens is 108 g/mol. The molecule has 2 aliphatic carbocycles. The molecule has 0 amide bonds. The summed E-state index contributed by atoms with van der Waals surface area (Å²) >= 11 is 0. The molecule has 0 aliphatic heterocycles. The fourth-order valence-electron chi connectivity index (χ4n) is 1.99. The molecule has 0 saturated heterocycles. The summed E-state index contributed by atoms with van der Waals surface area (Å²) in [5.41, 5.74) is 0.638. The maximum absolute atomic E-state index is 3.89. The molecule has 2 rings (SSSR count). The van der Waals surface area contributed by atoms with Crippen LogP contribution in [-0.2, 0) is 0 Å². The molecular formula is C9H14. The van der Waals surface area contributed by atoms with Crippen LogP contribution in [0.5, 0.6) is 0 Å². The molecule has 2 atom stereocenters. The monoisotopic (exact) mass is 122 g/mol. The average molecular weight is 122 g/mol. The normalized spacial score (nSPS) is 44.1. The zero-order valence-electron chi connectivity index (χ0n) is 6.06. The number of allylic oxidation sites excluding steroid dienone is 1. The average Bonchev–Trinajstić information content (AvgIpc) is 2.63. The first kappa shape index (κ1) is 5.52. The standard InChI is InChI=1S/C9H14/c1-3-9(4-5-9)8-6-7(8)2/h3,7-8H,1,4-6H2,2H3. The van der Waals surface area contributed by atoms with Gasteiger partial charge in [-0.25, -0.2) is 0 Å². The van der Waals surface area contributed by atoms with E-state index in [1.54, 1.807) is 0 Å². The summed E-state index contributed by atoms with van der Waals surface area (Å²) in [6.45, 7) is 6.25. The Morgan fingerprint density at radius 1 is 1.56 bits per heavy atom. The zero-order valence-corrected chi connectivity index (χ0v) is 6.06. The minimum atomic E-state index is 0.638. The number of rotatable bonds is 2. The molecule has 0 bridgehead atoms. The van der Waals surface area contributed by atoms with Crippen LogP contribution in [0.25, 0.3) is 0 Å². The van der Waals surface area contributed by atoms with E-state index in [0.29, 0.717) is 5.41 Å². The van der Waals surface area contributed by atoms with Crippen LogP contribution in [0, 0.1) is 17.3 Å². The van der Waals surface area contributed by atoms with Gasteiger partial charge in [0.2, 0.25) is 0 Å². The first-order chi connectivity index (χ1) is 4.28. The van der Waals surface area contributed by atoms with Crippen LogP contribution in [0.4, 0.5) is 0 Å². The third-order valence-electron chi connectivity index (χ3n) is 3.08. The van der Waals surface area contributed by atoms with Crippen LogP contribution >= 0.6 is 0 Å². The van der Waals surface area contributed by atoms with E-state index in [1.165, 1.54) is 19.3 Å². The Hall–Kier alpha value is -0.260. The van der Waals surface area contributed by atoms with Gasteiger partial charge in [0.15, 0.2) is 0 Å². The summed E-state index contributed by atoms with van der Waals surface area (Å²) < 4.78 is 0. The van der Waals surface area contributed by atoms with Crippen molar-refractivity contribution in [2.45, 2.75) is 26.2 Å². The SMILES string of the molecule is C=CC1(C2CC2C)CC1. The predicted octanol–water partition coefficient (Wildman–Crippen LogP) is 2.61. The van der Waals surface area contributed by atoms with Crippen LogP contribution in [0.2, 0.25) is 0 Å². The fraction of sp³-hybridized carbons (Fsp3) is 0.778. The zero-order chi connectivity index (χ0) is 6.48. The van der Waals surface area contributed by atoms with Crippen molar-refractivity contribution in [3.05, 3.63) is 12.7 Å². The van der Waals surface area contributed by atoms with Gasteiger partial charge in [-0.1, -0.05) is 13.0 Å². The Labute approximate surface area is 57.0 Å². The molecule has 0 spiro atoms. The van der Waals surface area contributed by atoms with Crippen LogP contribution in [0.15, 0.2) is 12.7 Å². The second-order valence-electron chi connectivity index (χ2n) is 3.76. The topological polar surface area (TPSA) is 0 Å². The number of hydrogen-bond donors (Lipinski definition) is 0. The second-order valence-corrected chi connectivity index (χ2v) is 3.76. The lowest BCUT2D eigenvalue weighted by Crippen LogP contribution is -1.98. The Bertz CT molecular complexity index is 142. The van der Waals surface area contributed by atoms with Crippen LogP contribution in [0.1, 0.15) is 26.2 Å². The van der Waals surface area contributed by atoms with Gasteiger partial charge in [0.25, 0.3) is 0 Å². The van der Waals surface area contributed by atoms with Crippen molar-refractivity contribution in [2.24, 2.45) is 17.3 Å². The molecule has 0 N–H and O–H groups in total. The lowest BCUT2D eigenvalue weighted by atomic mass is 10.00. The third-order valence-corrected chi connectivity index (χ3v) is 3.08. The van der Waals surface area contributed by atoms with E-state index in [9.17, 15) is 0 Å². The minimum Gasteiger partial charge on any atom is -0.103 e. The van der Waals surface area contributed by atoms with E-state index >= 15 is 0 Å². The molecule has 9 heavy (non-hydrogen) atoms. The molecule has 0 radical (unpaired) electrons.